The van der Waals surface area contributed by atoms with Crippen LogP contribution in [0.15, 0.2) is 22.7 Å². The van der Waals surface area contributed by atoms with E-state index in [0.717, 1.165) is 13.0 Å². The number of nitrogens with one attached hydrogen (secondary N) is 1. The van der Waals surface area contributed by atoms with E-state index in [1.54, 1.807) is 12.1 Å². The number of rotatable bonds is 5. The van der Waals surface area contributed by atoms with Crippen LogP contribution in [0, 0.1) is 5.82 Å². The number of nitrogens with two attached hydrogens (primary N) is 1. The molecule has 14 heavy (non-hydrogen) atoms. The Bertz CT molecular complexity index is 291. The van der Waals surface area contributed by atoms with Crippen molar-refractivity contribution in [1.29, 1.82) is 0 Å². The highest BCUT2D eigenvalue weighted by atomic mass is 79.9. The second-order valence-electron chi connectivity index (χ2n) is 3.03. The Labute approximate surface area is 91.8 Å². The van der Waals surface area contributed by atoms with Crippen molar-refractivity contribution >= 4 is 15.9 Å². The van der Waals surface area contributed by atoms with Gasteiger partial charge in [-0.1, -0.05) is 12.1 Å². The van der Waals surface area contributed by atoms with Gasteiger partial charge in [-0.3, -0.25) is 0 Å². The molecule has 0 aliphatic heterocycles. The third-order valence-corrected chi connectivity index (χ3v) is 2.52. The maximum Gasteiger partial charge on any atom is 0.141 e. The monoisotopic (exact) mass is 260 g/mol. The quantitative estimate of drug-likeness (QED) is 0.796. The second kappa shape index (κ2) is 6.11. The highest BCUT2D eigenvalue weighted by Gasteiger charge is 2.04. The molecule has 1 rings (SSSR count). The molecule has 0 aromatic heterocycles. The molecule has 0 aliphatic carbocycles. The van der Waals surface area contributed by atoms with Crippen LogP contribution in [0.5, 0.6) is 0 Å². The molecule has 3 N–H and O–H groups in total. The molecular weight excluding hydrogens is 247 g/mol. The van der Waals surface area contributed by atoms with E-state index in [-0.39, 0.29) is 5.82 Å². The molecule has 0 atom stereocenters. The van der Waals surface area contributed by atoms with Gasteiger partial charge in [-0.15, -0.1) is 0 Å². The number of hydrogen-bond donors (Lipinski definition) is 2. The third kappa shape index (κ3) is 3.36. The van der Waals surface area contributed by atoms with E-state index in [2.05, 4.69) is 21.2 Å². The first-order chi connectivity index (χ1) is 6.75. The van der Waals surface area contributed by atoms with Crippen LogP contribution in [0.4, 0.5) is 4.39 Å². The van der Waals surface area contributed by atoms with Gasteiger partial charge in [0.1, 0.15) is 5.82 Å². The molecule has 78 valence electrons. The fourth-order valence-corrected chi connectivity index (χ4v) is 1.54. The van der Waals surface area contributed by atoms with Crippen molar-refractivity contribution < 1.29 is 4.39 Å². The molecule has 0 fully saturated rings. The summed E-state index contributed by atoms with van der Waals surface area (Å²) < 4.78 is 13.9. The maximum atomic E-state index is 13.4. The standard InChI is InChI=1S/C10H14BrFN2/c11-9-4-1-3-8(10(9)12)7-14-6-2-5-13/h1,3-4,14H,2,5-7,13H2. The topological polar surface area (TPSA) is 38.0 Å². The van der Waals surface area contributed by atoms with Crippen molar-refractivity contribution in [3.63, 3.8) is 0 Å². The first-order valence-electron chi connectivity index (χ1n) is 4.59. The van der Waals surface area contributed by atoms with E-state index in [1.165, 1.54) is 0 Å². The lowest BCUT2D eigenvalue weighted by molar-refractivity contribution is 0.578. The summed E-state index contributed by atoms with van der Waals surface area (Å²) in [7, 11) is 0. The van der Waals surface area contributed by atoms with Crippen molar-refractivity contribution in [3.8, 4) is 0 Å². The minimum atomic E-state index is -0.187. The molecular formula is C10H14BrFN2. The second-order valence-corrected chi connectivity index (χ2v) is 3.89. The molecule has 0 spiro atoms. The summed E-state index contributed by atoms with van der Waals surface area (Å²) in [6.07, 6.45) is 0.912. The third-order valence-electron chi connectivity index (χ3n) is 1.90. The van der Waals surface area contributed by atoms with Crippen LogP contribution in [-0.4, -0.2) is 13.1 Å². The van der Waals surface area contributed by atoms with Crippen LogP contribution < -0.4 is 11.1 Å². The van der Waals surface area contributed by atoms with Gasteiger partial charge >= 0.3 is 0 Å². The fraction of sp³-hybridized carbons (Fsp3) is 0.400. The van der Waals surface area contributed by atoms with Crippen molar-refractivity contribution in [1.82, 2.24) is 5.32 Å². The van der Waals surface area contributed by atoms with Crippen LogP contribution in [-0.2, 0) is 6.54 Å². The predicted octanol–water partition coefficient (Wildman–Crippen LogP) is 2.03. The summed E-state index contributed by atoms with van der Waals surface area (Å²) in [5, 5.41) is 3.13. The Kier molecular flexibility index (Phi) is 5.07. The minimum absolute atomic E-state index is 0.187. The smallest absolute Gasteiger partial charge is 0.141 e. The SMILES string of the molecule is NCCCNCc1cccc(Br)c1F. The van der Waals surface area contributed by atoms with E-state index < -0.39 is 0 Å². The largest absolute Gasteiger partial charge is 0.330 e. The van der Waals surface area contributed by atoms with Crippen molar-refractivity contribution in [2.75, 3.05) is 13.1 Å². The first-order valence-corrected chi connectivity index (χ1v) is 5.38. The summed E-state index contributed by atoms with van der Waals surface area (Å²) in [4.78, 5) is 0. The minimum Gasteiger partial charge on any atom is -0.330 e. The van der Waals surface area contributed by atoms with E-state index in [1.807, 2.05) is 6.07 Å². The van der Waals surface area contributed by atoms with Gasteiger partial charge in [-0.05, 0) is 41.5 Å². The highest BCUT2D eigenvalue weighted by molar-refractivity contribution is 9.10. The molecule has 0 aliphatic rings. The van der Waals surface area contributed by atoms with Gasteiger partial charge < -0.3 is 11.1 Å². The van der Waals surface area contributed by atoms with Gasteiger partial charge in [0, 0.05) is 12.1 Å². The molecule has 1 aromatic carbocycles. The summed E-state index contributed by atoms with van der Waals surface area (Å²) in [5.74, 6) is -0.187. The van der Waals surface area contributed by atoms with Crippen LogP contribution >= 0.6 is 15.9 Å². The number of halogens is 2. The van der Waals surface area contributed by atoms with E-state index in [9.17, 15) is 4.39 Å². The molecule has 0 radical (unpaired) electrons. The molecule has 1 aromatic rings. The van der Waals surface area contributed by atoms with Gasteiger partial charge in [0.2, 0.25) is 0 Å². The predicted molar refractivity (Wildman–Crippen MR) is 59.5 cm³/mol. The van der Waals surface area contributed by atoms with E-state index in [0.29, 0.717) is 23.1 Å². The number of hydrogen-bond acceptors (Lipinski definition) is 2. The molecule has 4 heteroatoms. The van der Waals surface area contributed by atoms with Gasteiger partial charge in [-0.2, -0.15) is 0 Å². The normalized spacial score (nSPS) is 10.5. The Morgan fingerprint density at radius 3 is 2.93 bits per heavy atom. The Morgan fingerprint density at radius 1 is 1.43 bits per heavy atom. The zero-order chi connectivity index (χ0) is 10.4. The summed E-state index contributed by atoms with van der Waals surface area (Å²) in [6.45, 7) is 2.03. The van der Waals surface area contributed by atoms with Crippen LogP contribution in [0.3, 0.4) is 0 Å². The lowest BCUT2D eigenvalue weighted by Gasteiger charge is -2.05. The maximum absolute atomic E-state index is 13.4. The molecule has 0 bridgehead atoms. The lowest BCUT2D eigenvalue weighted by Crippen LogP contribution is -2.18. The summed E-state index contributed by atoms with van der Waals surface area (Å²) in [5.41, 5.74) is 6.02. The summed E-state index contributed by atoms with van der Waals surface area (Å²) in [6, 6.07) is 5.29. The molecule has 2 nitrogen and oxygen atoms in total. The van der Waals surface area contributed by atoms with Crippen LogP contribution in [0.2, 0.25) is 0 Å². The highest BCUT2D eigenvalue weighted by Crippen LogP contribution is 2.18. The molecule has 0 heterocycles. The Balaban J connectivity index is 2.46. The zero-order valence-electron chi connectivity index (χ0n) is 7.89. The molecule has 0 unspecified atom stereocenters. The Hall–Kier alpha value is -0.450. The first kappa shape index (κ1) is 11.6. The van der Waals surface area contributed by atoms with Crippen molar-refractivity contribution in [2.45, 2.75) is 13.0 Å². The fourth-order valence-electron chi connectivity index (χ4n) is 1.14. The van der Waals surface area contributed by atoms with Crippen LogP contribution in [0.25, 0.3) is 0 Å². The number of benzene rings is 1. The van der Waals surface area contributed by atoms with E-state index in [4.69, 9.17) is 5.73 Å². The zero-order valence-corrected chi connectivity index (χ0v) is 9.48. The lowest BCUT2D eigenvalue weighted by atomic mass is 10.2. The van der Waals surface area contributed by atoms with Crippen molar-refractivity contribution in [2.24, 2.45) is 5.73 Å². The average molecular weight is 261 g/mol. The molecule has 0 saturated heterocycles. The van der Waals surface area contributed by atoms with Crippen molar-refractivity contribution in [3.05, 3.63) is 34.1 Å². The van der Waals surface area contributed by atoms with Gasteiger partial charge in [0.25, 0.3) is 0 Å². The molecule has 0 amide bonds. The average Bonchev–Trinajstić information content (AvgIpc) is 2.19. The van der Waals surface area contributed by atoms with Gasteiger partial charge in [-0.25, -0.2) is 4.39 Å². The molecule has 0 saturated carbocycles. The Morgan fingerprint density at radius 2 is 2.21 bits per heavy atom. The van der Waals surface area contributed by atoms with Crippen LogP contribution in [0.1, 0.15) is 12.0 Å². The summed E-state index contributed by atoms with van der Waals surface area (Å²) >= 11 is 3.15. The van der Waals surface area contributed by atoms with Gasteiger partial charge in [0.15, 0.2) is 0 Å². The van der Waals surface area contributed by atoms with Gasteiger partial charge in [0.05, 0.1) is 4.47 Å². The van der Waals surface area contributed by atoms with E-state index >= 15 is 0 Å².